The van der Waals surface area contributed by atoms with Gasteiger partial charge in [0.1, 0.15) is 0 Å². The summed E-state index contributed by atoms with van der Waals surface area (Å²) in [5, 5.41) is 3.08. The van der Waals surface area contributed by atoms with Crippen molar-refractivity contribution in [2.45, 2.75) is 31.7 Å². The first-order chi connectivity index (χ1) is 9.74. The minimum atomic E-state index is 0.0611. The van der Waals surface area contributed by atoms with Crippen molar-refractivity contribution in [1.82, 2.24) is 10.2 Å². The van der Waals surface area contributed by atoms with Crippen molar-refractivity contribution < 1.29 is 9.59 Å². The Kier molecular flexibility index (Phi) is 3.72. The van der Waals surface area contributed by atoms with Gasteiger partial charge in [-0.1, -0.05) is 24.6 Å². The summed E-state index contributed by atoms with van der Waals surface area (Å²) in [4.78, 5) is 26.0. The zero-order valence-corrected chi connectivity index (χ0v) is 11.5. The molecule has 1 heterocycles. The van der Waals surface area contributed by atoms with Crippen LogP contribution < -0.4 is 5.32 Å². The maximum Gasteiger partial charge on any atom is 0.253 e. The summed E-state index contributed by atoms with van der Waals surface area (Å²) in [5.41, 5.74) is 0.721. The van der Waals surface area contributed by atoms with Crippen LogP contribution in [0.4, 0.5) is 0 Å². The lowest BCUT2D eigenvalue weighted by Gasteiger charge is -2.26. The normalized spacial score (nSPS) is 22.4. The first-order valence-corrected chi connectivity index (χ1v) is 7.39. The lowest BCUT2D eigenvalue weighted by molar-refractivity contribution is -0.128. The summed E-state index contributed by atoms with van der Waals surface area (Å²) < 4.78 is 0. The molecule has 0 aromatic heterocycles. The van der Waals surface area contributed by atoms with Gasteiger partial charge in [0.05, 0.1) is 0 Å². The highest BCUT2D eigenvalue weighted by atomic mass is 16.2. The largest absolute Gasteiger partial charge is 0.351 e. The maximum atomic E-state index is 12.3. The van der Waals surface area contributed by atoms with Crippen LogP contribution in [0.3, 0.4) is 0 Å². The molecule has 2 aliphatic rings. The summed E-state index contributed by atoms with van der Waals surface area (Å²) in [6.45, 7) is 1.36. The number of hydrogen-bond donors (Lipinski definition) is 1. The second-order valence-corrected chi connectivity index (χ2v) is 5.74. The third-order valence-corrected chi connectivity index (χ3v) is 4.32. The van der Waals surface area contributed by atoms with E-state index in [0.29, 0.717) is 6.54 Å². The zero-order chi connectivity index (χ0) is 13.9. The minimum Gasteiger partial charge on any atom is -0.351 e. The van der Waals surface area contributed by atoms with Crippen LogP contribution in [0.25, 0.3) is 0 Å². The fraction of sp³-hybridized carbons (Fsp3) is 0.500. The predicted octanol–water partition coefficient (Wildman–Crippen LogP) is 1.82. The number of likely N-dealkylation sites (tertiary alicyclic amines) is 1. The Hall–Kier alpha value is -1.84. The van der Waals surface area contributed by atoms with E-state index in [1.165, 1.54) is 6.42 Å². The highest BCUT2D eigenvalue weighted by Crippen LogP contribution is 2.26. The van der Waals surface area contributed by atoms with E-state index < -0.39 is 0 Å². The van der Waals surface area contributed by atoms with Gasteiger partial charge < -0.3 is 10.2 Å². The molecule has 2 amide bonds. The highest BCUT2D eigenvalue weighted by Gasteiger charge is 2.31. The lowest BCUT2D eigenvalue weighted by atomic mass is 9.84. The maximum absolute atomic E-state index is 12.3. The molecule has 1 N–H and O–H groups in total. The molecular formula is C16H20N2O2. The van der Waals surface area contributed by atoms with Crippen LogP contribution in [0.15, 0.2) is 30.3 Å². The average Bonchev–Trinajstić information content (AvgIpc) is 2.85. The molecule has 0 bridgehead atoms. The number of rotatable bonds is 3. The third kappa shape index (κ3) is 2.69. The van der Waals surface area contributed by atoms with Gasteiger partial charge in [-0.3, -0.25) is 9.59 Å². The van der Waals surface area contributed by atoms with E-state index in [-0.39, 0.29) is 23.8 Å². The number of hydrogen-bond acceptors (Lipinski definition) is 2. The Morgan fingerprint density at radius 3 is 2.50 bits per heavy atom. The molecule has 1 aliphatic heterocycles. The smallest absolute Gasteiger partial charge is 0.253 e. The number of benzene rings is 1. The first kappa shape index (κ1) is 13.2. The molecule has 4 nitrogen and oxygen atoms in total. The van der Waals surface area contributed by atoms with Crippen molar-refractivity contribution >= 4 is 11.8 Å². The second kappa shape index (κ2) is 5.65. The third-order valence-electron chi connectivity index (χ3n) is 4.32. The monoisotopic (exact) mass is 272 g/mol. The number of amides is 2. The van der Waals surface area contributed by atoms with Crippen LogP contribution in [0.5, 0.6) is 0 Å². The van der Waals surface area contributed by atoms with Crippen molar-refractivity contribution in [1.29, 1.82) is 0 Å². The summed E-state index contributed by atoms with van der Waals surface area (Å²) in [6.07, 6.45) is 4.06. The number of nitrogens with one attached hydrogen (secondary N) is 1. The minimum absolute atomic E-state index is 0.0611. The Labute approximate surface area is 119 Å². The van der Waals surface area contributed by atoms with E-state index >= 15 is 0 Å². The summed E-state index contributed by atoms with van der Waals surface area (Å²) in [5.74, 6) is 0.454. The standard InChI is InChI=1S/C16H20N2O2/c19-15(12-7-4-8-12)17-14-9-10-18(11-14)16(20)13-5-2-1-3-6-13/h1-3,5-6,12,14H,4,7-11H2,(H,17,19)/t14-/m1/s1. The van der Waals surface area contributed by atoms with Crippen molar-refractivity contribution in [2.24, 2.45) is 5.92 Å². The van der Waals surface area contributed by atoms with E-state index in [0.717, 1.165) is 31.4 Å². The topological polar surface area (TPSA) is 49.4 Å². The molecule has 20 heavy (non-hydrogen) atoms. The van der Waals surface area contributed by atoms with Gasteiger partial charge in [-0.15, -0.1) is 0 Å². The molecule has 0 unspecified atom stereocenters. The molecule has 1 aromatic rings. The van der Waals surface area contributed by atoms with E-state index in [1.807, 2.05) is 35.2 Å². The van der Waals surface area contributed by atoms with Gasteiger partial charge in [0, 0.05) is 30.6 Å². The second-order valence-electron chi connectivity index (χ2n) is 5.74. The highest BCUT2D eigenvalue weighted by molar-refractivity contribution is 5.94. The van der Waals surface area contributed by atoms with Crippen LogP contribution in [0.1, 0.15) is 36.0 Å². The molecule has 1 aromatic carbocycles. The van der Waals surface area contributed by atoms with Crippen molar-refractivity contribution in [3.05, 3.63) is 35.9 Å². The van der Waals surface area contributed by atoms with Gasteiger partial charge in [0.25, 0.3) is 5.91 Å². The summed E-state index contributed by atoms with van der Waals surface area (Å²) >= 11 is 0. The number of carbonyl (C=O) groups excluding carboxylic acids is 2. The molecule has 0 radical (unpaired) electrons. The fourth-order valence-electron chi connectivity index (χ4n) is 2.82. The number of carbonyl (C=O) groups is 2. The Morgan fingerprint density at radius 1 is 1.10 bits per heavy atom. The Bertz CT molecular complexity index is 496. The molecule has 1 atom stereocenters. The first-order valence-electron chi connectivity index (χ1n) is 7.39. The SMILES string of the molecule is O=C(N[C@@H]1CCN(C(=O)c2ccccc2)C1)C1CCC1. The van der Waals surface area contributed by atoms with Crippen molar-refractivity contribution in [3.63, 3.8) is 0 Å². The van der Waals surface area contributed by atoms with Crippen LogP contribution in [0.2, 0.25) is 0 Å². The molecule has 1 saturated heterocycles. The molecule has 2 fully saturated rings. The fourth-order valence-corrected chi connectivity index (χ4v) is 2.82. The van der Waals surface area contributed by atoms with Crippen molar-refractivity contribution in [2.75, 3.05) is 13.1 Å². The Balaban J connectivity index is 1.54. The van der Waals surface area contributed by atoms with Crippen molar-refractivity contribution in [3.8, 4) is 0 Å². The van der Waals surface area contributed by atoms with Gasteiger partial charge >= 0.3 is 0 Å². The number of nitrogens with zero attached hydrogens (tertiary/aromatic N) is 1. The summed E-state index contributed by atoms with van der Waals surface area (Å²) in [6, 6.07) is 9.45. The molecule has 106 valence electrons. The molecule has 4 heteroatoms. The van der Waals surface area contributed by atoms with Crippen LogP contribution in [0, 0.1) is 5.92 Å². The van der Waals surface area contributed by atoms with Crippen LogP contribution in [-0.4, -0.2) is 35.8 Å². The van der Waals surface area contributed by atoms with E-state index in [9.17, 15) is 9.59 Å². The van der Waals surface area contributed by atoms with Gasteiger partial charge in [0.2, 0.25) is 5.91 Å². The van der Waals surface area contributed by atoms with Gasteiger partial charge in [0.15, 0.2) is 0 Å². The van der Waals surface area contributed by atoms with Crippen LogP contribution in [-0.2, 0) is 4.79 Å². The van der Waals surface area contributed by atoms with Gasteiger partial charge in [-0.05, 0) is 31.4 Å². The molecule has 1 aliphatic carbocycles. The summed E-state index contributed by atoms with van der Waals surface area (Å²) in [7, 11) is 0. The molecule has 0 spiro atoms. The average molecular weight is 272 g/mol. The zero-order valence-electron chi connectivity index (χ0n) is 11.5. The quantitative estimate of drug-likeness (QED) is 0.912. The van der Waals surface area contributed by atoms with E-state index in [1.54, 1.807) is 0 Å². The predicted molar refractivity (Wildman–Crippen MR) is 76.2 cm³/mol. The Morgan fingerprint density at radius 2 is 1.85 bits per heavy atom. The molecule has 1 saturated carbocycles. The van der Waals surface area contributed by atoms with Gasteiger partial charge in [-0.2, -0.15) is 0 Å². The molecule has 3 rings (SSSR count). The van der Waals surface area contributed by atoms with E-state index in [2.05, 4.69) is 5.32 Å². The van der Waals surface area contributed by atoms with Gasteiger partial charge in [-0.25, -0.2) is 0 Å². The molecular weight excluding hydrogens is 252 g/mol. The lowest BCUT2D eigenvalue weighted by Crippen LogP contribution is -2.43. The van der Waals surface area contributed by atoms with Crippen LogP contribution >= 0.6 is 0 Å². The van der Waals surface area contributed by atoms with E-state index in [4.69, 9.17) is 0 Å².